The summed E-state index contributed by atoms with van der Waals surface area (Å²) in [7, 11) is 1.72. The van der Waals surface area contributed by atoms with Gasteiger partial charge in [0.15, 0.2) is 0 Å². The van der Waals surface area contributed by atoms with Crippen molar-refractivity contribution in [2.45, 2.75) is 32.8 Å². The first-order chi connectivity index (χ1) is 9.02. The molecule has 1 aromatic carbocycles. The maximum absolute atomic E-state index is 11.2. The van der Waals surface area contributed by atoms with E-state index in [2.05, 4.69) is 4.90 Å². The van der Waals surface area contributed by atoms with Gasteiger partial charge in [-0.2, -0.15) is 0 Å². The quantitative estimate of drug-likeness (QED) is 0.622. The average Bonchev–Trinajstić information content (AvgIpc) is 2.41. The summed E-state index contributed by atoms with van der Waals surface area (Å²) in [5, 5.41) is 11.2. The summed E-state index contributed by atoms with van der Waals surface area (Å²) in [6.07, 6.45) is 2.11. The van der Waals surface area contributed by atoms with Crippen molar-refractivity contribution in [3.63, 3.8) is 0 Å². The minimum absolute atomic E-state index is 0.207. The molecule has 1 heterocycles. The second kappa shape index (κ2) is 5.57. The molecule has 19 heavy (non-hydrogen) atoms. The highest BCUT2D eigenvalue weighted by Crippen LogP contribution is 2.33. The number of ether oxygens (including phenoxy) is 1. The van der Waals surface area contributed by atoms with Gasteiger partial charge in [0.2, 0.25) is 0 Å². The lowest BCUT2D eigenvalue weighted by molar-refractivity contribution is -0.384. The third kappa shape index (κ3) is 2.87. The number of hydrogen-bond acceptors (Lipinski definition) is 4. The van der Waals surface area contributed by atoms with Gasteiger partial charge < -0.3 is 9.64 Å². The maximum Gasteiger partial charge on any atom is 0.292 e. The zero-order chi connectivity index (χ0) is 14.0. The molecule has 0 N–H and O–H groups in total. The van der Waals surface area contributed by atoms with Gasteiger partial charge >= 0.3 is 0 Å². The van der Waals surface area contributed by atoms with Gasteiger partial charge in [0.05, 0.1) is 11.0 Å². The first-order valence-corrected chi connectivity index (χ1v) is 6.56. The smallest absolute Gasteiger partial charge is 0.292 e. The van der Waals surface area contributed by atoms with Gasteiger partial charge in [-0.3, -0.25) is 10.1 Å². The molecular weight excluding hydrogens is 244 g/mol. The Kier molecular flexibility index (Phi) is 4.04. The molecule has 1 aliphatic heterocycles. The van der Waals surface area contributed by atoms with Crippen LogP contribution in [-0.4, -0.2) is 31.2 Å². The third-order valence-corrected chi connectivity index (χ3v) is 3.90. The number of methoxy groups -OCH3 is 1. The molecule has 0 amide bonds. The summed E-state index contributed by atoms with van der Waals surface area (Å²) < 4.78 is 5.34. The molecule has 2 rings (SSSR count). The highest BCUT2D eigenvalue weighted by Gasteiger charge is 2.25. The van der Waals surface area contributed by atoms with Crippen LogP contribution in [0.2, 0.25) is 0 Å². The van der Waals surface area contributed by atoms with Gasteiger partial charge in [0, 0.05) is 26.3 Å². The molecule has 5 nitrogen and oxygen atoms in total. The SMILES string of the molecule is COC1CCN(c2cc(C)c(C)cc2[N+](=O)[O-])CC1. The molecule has 1 saturated heterocycles. The average molecular weight is 264 g/mol. The highest BCUT2D eigenvalue weighted by atomic mass is 16.6. The molecular formula is C14H20N2O3. The van der Waals surface area contributed by atoms with E-state index >= 15 is 0 Å². The summed E-state index contributed by atoms with van der Waals surface area (Å²) in [5.74, 6) is 0. The number of nitro groups is 1. The first-order valence-electron chi connectivity index (χ1n) is 6.56. The zero-order valence-electron chi connectivity index (χ0n) is 11.7. The van der Waals surface area contributed by atoms with E-state index in [1.165, 1.54) is 0 Å². The predicted molar refractivity (Wildman–Crippen MR) is 74.8 cm³/mol. The van der Waals surface area contributed by atoms with Crippen LogP contribution in [0.15, 0.2) is 12.1 Å². The molecule has 0 radical (unpaired) electrons. The van der Waals surface area contributed by atoms with Crippen LogP contribution in [0.5, 0.6) is 0 Å². The molecule has 0 spiro atoms. The molecule has 0 aliphatic carbocycles. The Labute approximate surface area is 113 Å². The normalized spacial score (nSPS) is 16.7. The zero-order valence-corrected chi connectivity index (χ0v) is 11.7. The minimum Gasteiger partial charge on any atom is -0.381 e. The van der Waals surface area contributed by atoms with Crippen LogP contribution in [0.3, 0.4) is 0 Å². The van der Waals surface area contributed by atoms with Gasteiger partial charge in [-0.15, -0.1) is 0 Å². The Bertz CT molecular complexity index is 480. The van der Waals surface area contributed by atoms with E-state index in [-0.39, 0.29) is 16.7 Å². The highest BCUT2D eigenvalue weighted by molar-refractivity contribution is 5.66. The van der Waals surface area contributed by atoms with Crippen LogP contribution in [0, 0.1) is 24.0 Å². The van der Waals surface area contributed by atoms with E-state index in [0.717, 1.165) is 42.7 Å². The lowest BCUT2D eigenvalue weighted by Gasteiger charge is -2.32. The summed E-state index contributed by atoms with van der Waals surface area (Å²) in [5.41, 5.74) is 3.00. The van der Waals surface area contributed by atoms with Crippen LogP contribution >= 0.6 is 0 Å². The lowest BCUT2D eigenvalue weighted by atomic mass is 10.0. The van der Waals surface area contributed by atoms with Crippen molar-refractivity contribution >= 4 is 11.4 Å². The molecule has 0 aromatic heterocycles. The topological polar surface area (TPSA) is 55.6 Å². The Balaban J connectivity index is 2.29. The summed E-state index contributed by atoms with van der Waals surface area (Å²) in [4.78, 5) is 13.0. The molecule has 104 valence electrons. The number of hydrogen-bond donors (Lipinski definition) is 0. The van der Waals surface area contributed by atoms with E-state index in [9.17, 15) is 10.1 Å². The van der Waals surface area contributed by atoms with Crippen molar-refractivity contribution in [1.82, 2.24) is 0 Å². The van der Waals surface area contributed by atoms with Crippen molar-refractivity contribution < 1.29 is 9.66 Å². The maximum atomic E-state index is 11.2. The van der Waals surface area contributed by atoms with Crippen LogP contribution in [0.1, 0.15) is 24.0 Å². The van der Waals surface area contributed by atoms with Crippen molar-refractivity contribution in [3.8, 4) is 0 Å². The molecule has 1 aromatic rings. The fraction of sp³-hybridized carbons (Fsp3) is 0.571. The summed E-state index contributed by atoms with van der Waals surface area (Å²) in [6, 6.07) is 3.60. The number of anilines is 1. The molecule has 0 saturated carbocycles. The number of piperidine rings is 1. The van der Waals surface area contributed by atoms with Crippen molar-refractivity contribution in [1.29, 1.82) is 0 Å². The second-order valence-corrected chi connectivity index (χ2v) is 5.10. The fourth-order valence-electron chi connectivity index (χ4n) is 2.52. The lowest BCUT2D eigenvalue weighted by Crippen LogP contribution is -2.37. The van der Waals surface area contributed by atoms with E-state index in [1.807, 2.05) is 19.9 Å². The largest absolute Gasteiger partial charge is 0.381 e. The van der Waals surface area contributed by atoms with E-state index in [1.54, 1.807) is 13.2 Å². The monoisotopic (exact) mass is 264 g/mol. The van der Waals surface area contributed by atoms with Crippen LogP contribution in [-0.2, 0) is 4.74 Å². The van der Waals surface area contributed by atoms with Gasteiger partial charge in [-0.1, -0.05) is 0 Å². The Morgan fingerprint density at radius 2 is 1.84 bits per heavy atom. The minimum atomic E-state index is -0.288. The van der Waals surface area contributed by atoms with Gasteiger partial charge in [-0.25, -0.2) is 0 Å². The summed E-state index contributed by atoms with van der Waals surface area (Å²) in [6.45, 7) is 5.51. The Morgan fingerprint density at radius 3 is 2.37 bits per heavy atom. The van der Waals surface area contributed by atoms with E-state index in [4.69, 9.17) is 4.74 Å². The number of nitrogens with zero attached hydrogens (tertiary/aromatic N) is 2. The number of rotatable bonds is 3. The molecule has 0 unspecified atom stereocenters. The fourth-order valence-corrected chi connectivity index (χ4v) is 2.52. The number of nitro benzene ring substituents is 1. The van der Waals surface area contributed by atoms with Crippen LogP contribution < -0.4 is 4.90 Å². The van der Waals surface area contributed by atoms with Crippen molar-refractivity contribution in [2.75, 3.05) is 25.1 Å². The molecule has 5 heteroatoms. The predicted octanol–water partition coefficient (Wildman–Crippen LogP) is 2.83. The molecule has 0 atom stereocenters. The standard InChI is InChI=1S/C14H20N2O3/c1-10-8-13(14(16(17)18)9-11(10)2)15-6-4-12(19-3)5-7-15/h8-9,12H,4-7H2,1-3H3. The van der Waals surface area contributed by atoms with E-state index in [0.29, 0.717) is 0 Å². The first kappa shape index (κ1) is 13.8. The second-order valence-electron chi connectivity index (χ2n) is 5.10. The molecule has 1 fully saturated rings. The molecule has 0 bridgehead atoms. The van der Waals surface area contributed by atoms with Crippen molar-refractivity contribution in [3.05, 3.63) is 33.4 Å². The van der Waals surface area contributed by atoms with Gasteiger partial charge in [-0.05, 0) is 43.9 Å². The van der Waals surface area contributed by atoms with Crippen LogP contribution in [0.25, 0.3) is 0 Å². The van der Waals surface area contributed by atoms with Crippen LogP contribution in [0.4, 0.5) is 11.4 Å². The number of aryl methyl sites for hydroxylation is 2. The van der Waals surface area contributed by atoms with Gasteiger partial charge in [0.25, 0.3) is 5.69 Å². The summed E-state index contributed by atoms with van der Waals surface area (Å²) >= 11 is 0. The Morgan fingerprint density at radius 1 is 1.26 bits per heavy atom. The van der Waals surface area contributed by atoms with E-state index < -0.39 is 0 Å². The third-order valence-electron chi connectivity index (χ3n) is 3.90. The van der Waals surface area contributed by atoms with Gasteiger partial charge in [0.1, 0.15) is 5.69 Å². The van der Waals surface area contributed by atoms with Crippen molar-refractivity contribution in [2.24, 2.45) is 0 Å². The Hall–Kier alpha value is -1.62. The number of benzene rings is 1. The molecule has 1 aliphatic rings.